The molecule has 0 N–H and O–H groups in total. The van der Waals surface area contributed by atoms with Crippen molar-refractivity contribution in [3.8, 4) is 0 Å². The monoisotopic (exact) mass is 286 g/mol. The van der Waals surface area contributed by atoms with Crippen molar-refractivity contribution in [2.24, 2.45) is 5.10 Å². The summed E-state index contributed by atoms with van der Waals surface area (Å²) < 4.78 is 0. The van der Waals surface area contributed by atoms with Crippen LogP contribution in [0.2, 0.25) is 0 Å². The van der Waals surface area contributed by atoms with E-state index in [1.807, 2.05) is 48.0 Å². The van der Waals surface area contributed by atoms with Gasteiger partial charge in [0.2, 0.25) is 0 Å². The van der Waals surface area contributed by atoms with Gasteiger partial charge in [0.05, 0.1) is 5.69 Å². The molecular weight excluding hydrogens is 264 g/mol. The maximum Gasteiger partial charge on any atom is 0.279 e. The molecule has 0 saturated carbocycles. The van der Waals surface area contributed by atoms with Gasteiger partial charge in [-0.25, -0.2) is 0 Å². The van der Waals surface area contributed by atoms with Gasteiger partial charge < -0.3 is 9.80 Å². The lowest BCUT2D eigenvalue weighted by atomic mass is 10.1. The Morgan fingerprint density at radius 3 is 2.43 bits per heavy atom. The number of hydrogen-bond donors (Lipinski definition) is 0. The van der Waals surface area contributed by atoms with Crippen molar-refractivity contribution >= 4 is 17.3 Å². The quantitative estimate of drug-likeness (QED) is 0.825. The van der Waals surface area contributed by atoms with Gasteiger partial charge in [-0.3, -0.25) is 9.80 Å². The second kappa shape index (κ2) is 5.48. The molecule has 0 aromatic heterocycles. The molecule has 2 heterocycles. The number of fused-ring (bicyclic) bond motifs is 1. The molecule has 0 spiro atoms. The molecule has 1 aromatic carbocycles. The van der Waals surface area contributed by atoms with E-state index in [0.29, 0.717) is 5.71 Å². The number of rotatable bonds is 2. The van der Waals surface area contributed by atoms with E-state index >= 15 is 0 Å². The normalized spacial score (nSPS) is 21.5. The molecule has 1 aromatic rings. The van der Waals surface area contributed by atoms with E-state index in [4.69, 9.17) is 0 Å². The maximum atomic E-state index is 12.7. The van der Waals surface area contributed by atoms with Crippen molar-refractivity contribution in [2.75, 3.05) is 38.1 Å². The number of hydrogen-bond acceptors (Lipinski definition) is 4. The summed E-state index contributed by atoms with van der Waals surface area (Å²) in [5, 5.41) is 6.68. The Balaban J connectivity index is 1.94. The summed E-state index contributed by atoms with van der Waals surface area (Å²) in [6, 6.07) is 8.07. The van der Waals surface area contributed by atoms with Crippen molar-refractivity contribution in [3.63, 3.8) is 0 Å². The molecule has 0 radical (unpaired) electrons. The topological polar surface area (TPSA) is 39.2 Å². The number of piperazine rings is 1. The van der Waals surface area contributed by atoms with Crippen LogP contribution in [0.15, 0.2) is 29.4 Å². The lowest BCUT2D eigenvalue weighted by Gasteiger charge is -2.30. The number of benzene rings is 1. The number of anilines is 1. The Kier molecular flexibility index (Phi) is 3.68. The summed E-state index contributed by atoms with van der Waals surface area (Å²) in [6.45, 7) is 7.79. The first-order valence-electron chi connectivity index (χ1n) is 7.53. The zero-order chi connectivity index (χ0) is 15.0. The Morgan fingerprint density at radius 2 is 1.76 bits per heavy atom. The van der Waals surface area contributed by atoms with Crippen LogP contribution < -0.4 is 4.90 Å². The van der Waals surface area contributed by atoms with Crippen LogP contribution in [0.1, 0.15) is 19.4 Å². The van der Waals surface area contributed by atoms with Gasteiger partial charge in [0.15, 0.2) is 5.71 Å². The van der Waals surface area contributed by atoms with Gasteiger partial charge in [-0.05, 0) is 27.0 Å². The van der Waals surface area contributed by atoms with Gasteiger partial charge in [-0.2, -0.15) is 5.10 Å². The number of carbonyl (C=O) groups is 1. The first-order chi connectivity index (χ1) is 10.1. The van der Waals surface area contributed by atoms with E-state index < -0.39 is 0 Å². The highest BCUT2D eigenvalue weighted by Crippen LogP contribution is 2.31. The average molecular weight is 286 g/mol. The fraction of sp³-hybridized carbons (Fsp3) is 0.500. The lowest BCUT2D eigenvalue weighted by molar-refractivity contribution is -0.112. The van der Waals surface area contributed by atoms with E-state index in [9.17, 15) is 4.79 Å². The first kappa shape index (κ1) is 14.1. The number of carbonyl (C=O) groups excluding carboxylic acids is 1. The minimum atomic E-state index is 0.0186. The number of hydrazone groups is 1. The minimum absolute atomic E-state index is 0.0186. The van der Waals surface area contributed by atoms with Crippen LogP contribution in [-0.4, -0.2) is 60.8 Å². The Labute approximate surface area is 125 Å². The van der Waals surface area contributed by atoms with E-state index in [1.165, 1.54) is 0 Å². The molecule has 5 nitrogen and oxygen atoms in total. The molecule has 21 heavy (non-hydrogen) atoms. The summed E-state index contributed by atoms with van der Waals surface area (Å²) in [7, 11) is 2.11. The van der Waals surface area contributed by atoms with Gasteiger partial charge in [0, 0.05) is 37.8 Å². The van der Waals surface area contributed by atoms with Crippen molar-refractivity contribution < 1.29 is 4.79 Å². The van der Waals surface area contributed by atoms with E-state index in [-0.39, 0.29) is 11.9 Å². The minimum Gasteiger partial charge on any atom is -0.304 e. The lowest BCUT2D eigenvalue weighted by Crippen LogP contribution is -2.43. The fourth-order valence-electron chi connectivity index (χ4n) is 2.87. The van der Waals surface area contributed by atoms with Crippen LogP contribution in [-0.2, 0) is 4.79 Å². The van der Waals surface area contributed by atoms with Crippen molar-refractivity contribution in [1.29, 1.82) is 0 Å². The highest BCUT2D eigenvalue weighted by Gasteiger charge is 2.35. The van der Waals surface area contributed by atoms with Crippen LogP contribution >= 0.6 is 0 Å². The third-order valence-electron chi connectivity index (χ3n) is 4.08. The van der Waals surface area contributed by atoms with Gasteiger partial charge in [0.1, 0.15) is 0 Å². The van der Waals surface area contributed by atoms with Crippen molar-refractivity contribution in [2.45, 2.75) is 19.9 Å². The number of nitrogens with zero attached hydrogens (tertiary/aromatic N) is 4. The molecule has 5 heteroatoms. The molecule has 0 unspecified atom stereocenters. The molecule has 1 saturated heterocycles. The molecule has 1 fully saturated rings. The second-order valence-corrected chi connectivity index (χ2v) is 5.99. The summed E-state index contributed by atoms with van der Waals surface area (Å²) in [5.74, 6) is 0.0186. The molecular formula is C16H22N4O. The zero-order valence-corrected chi connectivity index (χ0v) is 12.9. The Bertz CT molecular complexity index is 573. The predicted octanol–water partition coefficient (Wildman–Crippen LogP) is 1.39. The highest BCUT2D eigenvalue weighted by atomic mass is 16.2. The van der Waals surface area contributed by atoms with Crippen LogP contribution in [0.25, 0.3) is 0 Å². The molecule has 2 aliphatic rings. The largest absolute Gasteiger partial charge is 0.304 e. The molecule has 112 valence electrons. The standard InChI is InChI=1S/C16H22N4O/c1-12(2)20-14-7-5-4-6-13(14)15(16(20)21)17-19-10-8-18(3)9-11-19/h4-7,12H,8-11H2,1-3H3/b17-15-. The molecule has 1 amide bonds. The maximum absolute atomic E-state index is 12.7. The van der Waals surface area contributed by atoms with Crippen LogP contribution in [0, 0.1) is 0 Å². The molecule has 0 bridgehead atoms. The van der Waals surface area contributed by atoms with Crippen LogP contribution in [0.4, 0.5) is 5.69 Å². The van der Waals surface area contributed by atoms with E-state index in [2.05, 4.69) is 17.0 Å². The average Bonchev–Trinajstić information content (AvgIpc) is 2.74. The van der Waals surface area contributed by atoms with Crippen molar-refractivity contribution in [3.05, 3.63) is 29.8 Å². The molecule has 0 atom stereocenters. The summed E-state index contributed by atoms with van der Waals surface area (Å²) >= 11 is 0. The first-order valence-corrected chi connectivity index (χ1v) is 7.53. The van der Waals surface area contributed by atoms with E-state index in [0.717, 1.165) is 37.4 Å². The number of likely N-dealkylation sites (N-methyl/N-ethyl adjacent to an activating group) is 1. The van der Waals surface area contributed by atoms with Gasteiger partial charge in [-0.1, -0.05) is 18.2 Å². The van der Waals surface area contributed by atoms with Crippen molar-refractivity contribution in [1.82, 2.24) is 9.91 Å². The SMILES string of the molecule is CC(C)N1C(=O)/C(=N\N2CCN(C)CC2)c2ccccc21. The molecule has 3 rings (SSSR count). The summed E-state index contributed by atoms with van der Waals surface area (Å²) in [4.78, 5) is 16.8. The van der Waals surface area contributed by atoms with Crippen LogP contribution in [0.3, 0.4) is 0 Å². The summed E-state index contributed by atoms with van der Waals surface area (Å²) in [6.07, 6.45) is 0. The number of amides is 1. The Hall–Kier alpha value is -1.88. The van der Waals surface area contributed by atoms with Gasteiger partial charge in [0.25, 0.3) is 5.91 Å². The van der Waals surface area contributed by atoms with Gasteiger partial charge in [-0.15, -0.1) is 0 Å². The van der Waals surface area contributed by atoms with E-state index in [1.54, 1.807) is 0 Å². The van der Waals surface area contributed by atoms with Gasteiger partial charge >= 0.3 is 0 Å². The molecule has 0 aliphatic carbocycles. The summed E-state index contributed by atoms with van der Waals surface area (Å²) in [5.41, 5.74) is 2.52. The Morgan fingerprint density at radius 1 is 1.10 bits per heavy atom. The van der Waals surface area contributed by atoms with Crippen LogP contribution in [0.5, 0.6) is 0 Å². The highest BCUT2D eigenvalue weighted by molar-refractivity contribution is 6.54. The smallest absolute Gasteiger partial charge is 0.279 e. The second-order valence-electron chi connectivity index (χ2n) is 5.99. The zero-order valence-electron chi connectivity index (χ0n) is 12.9. The third-order valence-corrected chi connectivity index (χ3v) is 4.08. The predicted molar refractivity (Wildman–Crippen MR) is 84.7 cm³/mol. The fourth-order valence-corrected chi connectivity index (χ4v) is 2.87. The molecule has 2 aliphatic heterocycles. The third kappa shape index (κ3) is 2.53. The number of para-hydroxylation sites is 1.